The first kappa shape index (κ1) is 12.9. The molecule has 2 aliphatic rings. The van der Waals surface area contributed by atoms with Gasteiger partial charge in [-0.05, 0) is 12.0 Å². The van der Waals surface area contributed by atoms with Gasteiger partial charge in [0.2, 0.25) is 6.29 Å². The van der Waals surface area contributed by atoms with E-state index in [1.807, 2.05) is 30.3 Å². The highest BCUT2D eigenvalue weighted by molar-refractivity contribution is 5.91. The van der Waals surface area contributed by atoms with Crippen molar-refractivity contribution in [2.24, 2.45) is 11.1 Å². The highest BCUT2D eigenvalue weighted by atomic mass is 16.8. The third-order valence-electron chi connectivity index (χ3n) is 3.37. The summed E-state index contributed by atoms with van der Waals surface area (Å²) in [6.45, 7) is 1.26. The van der Waals surface area contributed by atoms with Gasteiger partial charge >= 0.3 is 6.09 Å². The fourth-order valence-corrected chi connectivity index (χ4v) is 2.28. The molecule has 0 aromatic heterocycles. The Labute approximate surface area is 116 Å². The van der Waals surface area contributed by atoms with Crippen molar-refractivity contribution in [1.82, 2.24) is 5.32 Å². The van der Waals surface area contributed by atoms with Gasteiger partial charge in [0.15, 0.2) is 0 Å². The largest absolute Gasteiger partial charge is 0.445 e. The number of hydrogen-bond donors (Lipinski definition) is 1. The summed E-state index contributed by atoms with van der Waals surface area (Å²) in [5.74, 6) is 0.157. The van der Waals surface area contributed by atoms with Crippen LogP contribution in [0.2, 0.25) is 0 Å². The van der Waals surface area contributed by atoms with Crippen molar-refractivity contribution in [2.75, 3.05) is 13.2 Å². The molecule has 1 amide bonds. The van der Waals surface area contributed by atoms with Crippen LogP contribution in [0.5, 0.6) is 0 Å². The quantitative estimate of drug-likeness (QED) is 0.908. The fourth-order valence-electron chi connectivity index (χ4n) is 2.28. The van der Waals surface area contributed by atoms with E-state index in [4.69, 9.17) is 14.3 Å². The van der Waals surface area contributed by atoms with Gasteiger partial charge in [-0.15, -0.1) is 0 Å². The lowest BCUT2D eigenvalue weighted by Crippen LogP contribution is -2.33. The van der Waals surface area contributed by atoms with Crippen LogP contribution in [-0.4, -0.2) is 31.2 Å². The van der Waals surface area contributed by atoms with Gasteiger partial charge in [-0.2, -0.15) is 0 Å². The van der Waals surface area contributed by atoms with E-state index in [0.717, 1.165) is 17.7 Å². The second kappa shape index (κ2) is 5.92. The van der Waals surface area contributed by atoms with Gasteiger partial charge < -0.3 is 19.6 Å². The van der Waals surface area contributed by atoms with Crippen molar-refractivity contribution in [2.45, 2.75) is 19.3 Å². The molecule has 2 aliphatic heterocycles. The van der Waals surface area contributed by atoms with Crippen LogP contribution in [0, 0.1) is 5.92 Å². The fraction of sp³-hybridized carbons (Fsp3) is 0.429. The zero-order chi connectivity index (χ0) is 13.8. The minimum Gasteiger partial charge on any atom is -0.445 e. The lowest BCUT2D eigenvalue weighted by Gasteiger charge is -2.09. The lowest BCUT2D eigenvalue weighted by atomic mass is 10.0. The number of benzene rings is 1. The lowest BCUT2D eigenvalue weighted by molar-refractivity contribution is -0.106. The molecule has 6 heteroatoms. The molecule has 2 atom stereocenters. The van der Waals surface area contributed by atoms with Gasteiger partial charge in [0, 0.05) is 0 Å². The van der Waals surface area contributed by atoms with Crippen molar-refractivity contribution in [3.63, 3.8) is 0 Å². The van der Waals surface area contributed by atoms with Crippen LogP contribution in [0.4, 0.5) is 4.79 Å². The van der Waals surface area contributed by atoms with E-state index in [9.17, 15) is 4.79 Å². The predicted molar refractivity (Wildman–Crippen MR) is 71.0 cm³/mol. The van der Waals surface area contributed by atoms with E-state index in [1.54, 1.807) is 0 Å². The maximum atomic E-state index is 11.6. The molecule has 2 heterocycles. The first-order valence-corrected chi connectivity index (χ1v) is 6.61. The van der Waals surface area contributed by atoms with Gasteiger partial charge in [-0.3, -0.25) is 0 Å². The zero-order valence-corrected chi connectivity index (χ0v) is 11.0. The Morgan fingerprint density at radius 2 is 2.25 bits per heavy atom. The Balaban J connectivity index is 1.41. The average molecular weight is 276 g/mol. The van der Waals surface area contributed by atoms with E-state index in [1.165, 1.54) is 0 Å². The van der Waals surface area contributed by atoms with E-state index in [-0.39, 0.29) is 18.8 Å². The topological polar surface area (TPSA) is 69.2 Å². The molecule has 2 unspecified atom stereocenters. The molecule has 6 nitrogen and oxygen atoms in total. The van der Waals surface area contributed by atoms with E-state index >= 15 is 0 Å². The molecule has 0 radical (unpaired) electrons. The summed E-state index contributed by atoms with van der Waals surface area (Å²) in [6.07, 6.45) is 0.149. The number of carbonyl (C=O) groups excluding carboxylic acids is 1. The predicted octanol–water partition coefficient (Wildman–Crippen LogP) is 1.66. The first-order valence-electron chi connectivity index (χ1n) is 6.61. The van der Waals surface area contributed by atoms with Crippen molar-refractivity contribution < 1.29 is 19.1 Å². The molecular formula is C14H16N2O4. The molecule has 1 aromatic rings. The number of amides is 1. The van der Waals surface area contributed by atoms with Crippen LogP contribution in [0.3, 0.4) is 0 Å². The van der Waals surface area contributed by atoms with Gasteiger partial charge in [-0.1, -0.05) is 35.5 Å². The third-order valence-corrected chi connectivity index (χ3v) is 3.37. The minimum atomic E-state index is -0.459. The summed E-state index contributed by atoms with van der Waals surface area (Å²) in [6, 6.07) is 9.54. The number of nitrogens with one attached hydrogen (secondary N) is 1. The number of carbonyl (C=O) groups is 1. The van der Waals surface area contributed by atoms with Crippen molar-refractivity contribution >= 4 is 11.8 Å². The van der Waals surface area contributed by atoms with Crippen LogP contribution in [0.25, 0.3) is 0 Å². The summed E-state index contributed by atoms with van der Waals surface area (Å²) in [5.41, 5.74) is 1.76. The molecule has 3 rings (SSSR count). The number of hydrogen-bond acceptors (Lipinski definition) is 5. The average Bonchev–Trinajstić information content (AvgIpc) is 3.07. The highest BCUT2D eigenvalue weighted by Crippen LogP contribution is 2.28. The first-order chi connectivity index (χ1) is 9.83. The van der Waals surface area contributed by atoms with Crippen molar-refractivity contribution in [3.05, 3.63) is 35.9 Å². The molecule has 1 N–H and O–H groups in total. The Morgan fingerprint density at radius 3 is 3.10 bits per heavy atom. The van der Waals surface area contributed by atoms with Crippen LogP contribution in [-0.2, 0) is 20.9 Å². The monoisotopic (exact) mass is 276 g/mol. The number of oxime groups is 1. The maximum Gasteiger partial charge on any atom is 0.407 e. The van der Waals surface area contributed by atoms with Gasteiger partial charge in [0.25, 0.3) is 0 Å². The Bertz CT molecular complexity index is 503. The smallest absolute Gasteiger partial charge is 0.407 e. The normalized spacial score (nSPS) is 23.7. The number of fused-ring (bicyclic) bond motifs is 1. The minimum absolute atomic E-state index is 0.157. The summed E-state index contributed by atoms with van der Waals surface area (Å²) in [7, 11) is 0. The number of nitrogens with zero attached hydrogens (tertiary/aromatic N) is 1. The zero-order valence-electron chi connectivity index (χ0n) is 11.0. The second-order valence-corrected chi connectivity index (χ2v) is 4.74. The van der Waals surface area contributed by atoms with E-state index in [2.05, 4.69) is 10.5 Å². The molecule has 1 saturated heterocycles. The number of ether oxygens (including phenoxy) is 2. The Morgan fingerprint density at radius 1 is 1.40 bits per heavy atom. The molecule has 1 aromatic carbocycles. The van der Waals surface area contributed by atoms with Crippen LogP contribution in [0.1, 0.15) is 12.0 Å². The Hall–Kier alpha value is -2.08. The molecular weight excluding hydrogens is 260 g/mol. The second-order valence-electron chi connectivity index (χ2n) is 4.74. The molecule has 1 fully saturated rings. The molecule has 106 valence electrons. The van der Waals surface area contributed by atoms with Crippen LogP contribution >= 0.6 is 0 Å². The molecule has 0 bridgehead atoms. The molecule has 0 spiro atoms. The van der Waals surface area contributed by atoms with Crippen molar-refractivity contribution in [1.29, 1.82) is 0 Å². The van der Waals surface area contributed by atoms with Crippen molar-refractivity contribution in [3.8, 4) is 0 Å². The molecule has 0 aliphatic carbocycles. The van der Waals surface area contributed by atoms with Crippen LogP contribution in [0.15, 0.2) is 35.5 Å². The van der Waals surface area contributed by atoms with Gasteiger partial charge in [0.1, 0.15) is 6.61 Å². The number of alkyl carbamates (subject to hydrolysis) is 1. The third kappa shape index (κ3) is 2.91. The molecule has 20 heavy (non-hydrogen) atoms. The van der Waals surface area contributed by atoms with E-state index < -0.39 is 6.09 Å². The van der Waals surface area contributed by atoms with Crippen LogP contribution < -0.4 is 5.32 Å². The molecule has 0 saturated carbocycles. The highest BCUT2D eigenvalue weighted by Gasteiger charge is 2.39. The SMILES string of the molecule is O=C(NCC1=NOC2OCCC12)OCc1ccccc1. The van der Waals surface area contributed by atoms with Gasteiger partial charge in [-0.25, -0.2) is 4.79 Å². The summed E-state index contributed by atoms with van der Waals surface area (Å²) < 4.78 is 10.5. The maximum absolute atomic E-state index is 11.6. The summed E-state index contributed by atoms with van der Waals surface area (Å²) in [5, 5.41) is 6.61. The summed E-state index contributed by atoms with van der Waals surface area (Å²) >= 11 is 0. The van der Waals surface area contributed by atoms with E-state index in [0.29, 0.717) is 13.2 Å². The Kier molecular flexibility index (Phi) is 3.83. The summed E-state index contributed by atoms with van der Waals surface area (Å²) in [4.78, 5) is 16.7. The standard InChI is InChI=1S/C14H16N2O4/c17-14(19-9-10-4-2-1-3-5-10)15-8-12-11-6-7-18-13(11)20-16-12/h1-5,11,13H,6-9H2,(H,15,17). The van der Waals surface area contributed by atoms with Gasteiger partial charge in [0.05, 0.1) is 24.8 Å². The number of rotatable bonds is 4.